The minimum atomic E-state index is 0.804. The lowest BCUT2D eigenvalue weighted by atomic mass is 10.2. The molecule has 2 aromatic carbocycles. The van der Waals surface area contributed by atoms with Crippen LogP contribution in [0.3, 0.4) is 0 Å². The van der Waals surface area contributed by atoms with Crippen LogP contribution in [0, 0.1) is 0 Å². The van der Waals surface area contributed by atoms with Gasteiger partial charge in [-0.3, -0.25) is 0 Å². The Labute approximate surface area is 123 Å². The number of hydrogen-bond acceptors (Lipinski definition) is 3. The van der Waals surface area contributed by atoms with Gasteiger partial charge in [-0.15, -0.1) is 11.3 Å². The second kappa shape index (κ2) is 6.46. The minimum absolute atomic E-state index is 0.804. The molecule has 1 N–H and O–H groups in total. The van der Waals surface area contributed by atoms with Gasteiger partial charge in [0.2, 0.25) is 0 Å². The Morgan fingerprint density at radius 2 is 1.55 bits per heavy atom. The number of benzene rings is 2. The lowest BCUT2D eigenvalue weighted by Crippen LogP contribution is -2.12. The quantitative estimate of drug-likeness (QED) is 0.761. The van der Waals surface area contributed by atoms with Gasteiger partial charge in [0.15, 0.2) is 0 Å². The van der Waals surface area contributed by atoms with Crippen molar-refractivity contribution in [3.05, 3.63) is 77.3 Å². The van der Waals surface area contributed by atoms with E-state index in [1.807, 2.05) is 24.3 Å². The molecule has 2 nitrogen and oxygen atoms in total. The van der Waals surface area contributed by atoms with Crippen LogP contribution in [0.4, 0.5) is 0 Å². The molecule has 3 heteroatoms. The van der Waals surface area contributed by atoms with Crippen molar-refractivity contribution in [2.75, 3.05) is 0 Å². The molecule has 0 fully saturated rings. The Morgan fingerprint density at radius 3 is 2.30 bits per heavy atom. The first-order valence-corrected chi connectivity index (χ1v) is 7.54. The summed E-state index contributed by atoms with van der Waals surface area (Å²) in [6.07, 6.45) is 0. The fraction of sp³-hybridized carbons (Fsp3) is 0.118. The van der Waals surface area contributed by atoms with Crippen molar-refractivity contribution in [2.45, 2.75) is 13.1 Å². The van der Waals surface area contributed by atoms with E-state index in [4.69, 9.17) is 0 Å². The molecule has 1 heterocycles. The van der Waals surface area contributed by atoms with E-state index in [1.54, 1.807) is 11.3 Å². The van der Waals surface area contributed by atoms with Gasteiger partial charge in [-0.2, -0.15) is 0 Å². The van der Waals surface area contributed by atoms with Crippen LogP contribution in [0.15, 0.2) is 66.0 Å². The molecule has 0 aliphatic rings. The summed E-state index contributed by atoms with van der Waals surface area (Å²) in [6, 6.07) is 20.7. The smallest absolute Gasteiger partial charge is 0.123 e. The predicted molar refractivity (Wildman–Crippen MR) is 84.5 cm³/mol. The van der Waals surface area contributed by atoms with E-state index in [0.29, 0.717) is 0 Å². The molecule has 0 saturated heterocycles. The van der Waals surface area contributed by atoms with Crippen LogP contribution in [0.2, 0.25) is 0 Å². The number of aromatic nitrogens is 1. The molecule has 20 heavy (non-hydrogen) atoms. The summed E-state index contributed by atoms with van der Waals surface area (Å²) in [4.78, 5) is 4.67. The van der Waals surface area contributed by atoms with Gasteiger partial charge in [0, 0.05) is 24.0 Å². The lowest BCUT2D eigenvalue weighted by molar-refractivity contribution is 0.683. The summed E-state index contributed by atoms with van der Waals surface area (Å²) in [5, 5.41) is 6.64. The van der Waals surface area contributed by atoms with E-state index in [-0.39, 0.29) is 0 Å². The molecule has 0 unspecified atom stereocenters. The molecular formula is C17H16N2S. The predicted octanol–water partition coefficient (Wildman–Crippen LogP) is 4.10. The highest BCUT2D eigenvalue weighted by Gasteiger charge is 2.03. The van der Waals surface area contributed by atoms with Gasteiger partial charge in [-0.25, -0.2) is 4.98 Å². The maximum absolute atomic E-state index is 4.67. The highest BCUT2D eigenvalue weighted by Crippen LogP contribution is 2.23. The van der Waals surface area contributed by atoms with E-state index in [9.17, 15) is 0 Å². The van der Waals surface area contributed by atoms with Gasteiger partial charge in [0.05, 0.1) is 5.69 Å². The van der Waals surface area contributed by atoms with Crippen LogP contribution in [0.5, 0.6) is 0 Å². The van der Waals surface area contributed by atoms with Crippen LogP contribution in [-0.2, 0) is 13.1 Å². The van der Waals surface area contributed by atoms with E-state index in [0.717, 1.165) is 23.8 Å². The third-order valence-corrected chi connectivity index (χ3v) is 3.99. The zero-order chi connectivity index (χ0) is 13.6. The minimum Gasteiger partial charge on any atom is -0.307 e. The molecule has 0 aliphatic carbocycles. The molecule has 0 radical (unpaired) electrons. The molecule has 3 aromatic rings. The Balaban J connectivity index is 1.58. The SMILES string of the molecule is c1ccc(CNCc2csc(-c3ccccc3)n2)cc1. The number of rotatable bonds is 5. The molecule has 1 aromatic heterocycles. The van der Waals surface area contributed by atoms with Crippen LogP contribution >= 0.6 is 11.3 Å². The highest BCUT2D eigenvalue weighted by atomic mass is 32.1. The summed E-state index contributed by atoms with van der Waals surface area (Å²) in [5.74, 6) is 0. The third-order valence-electron chi connectivity index (χ3n) is 3.05. The summed E-state index contributed by atoms with van der Waals surface area (Å²) >= 11 is 1.70. The van der Waals surface area contributed by atoms with Gasteiger partial charge in [-0.05, 0) is 5.56 Å². The second-order valence-corrected chi connectivity index (χ2v) is 5.46. The van der Waals surface area contributed by atoms with Gasteiger partial charge >= 0.3 is 0 Å². The Morgan fingerprint density at radius 1 is 0.850 bits per heavy atom. The number of nitrogens with one attached hydrogen (secondary N) is 1. The zero-order valence-electron chi connectivity index (χ0n) is 11.1. The molecule has 3 rings (SSSR count). The summed E-state index contributed by atoms with van der Waals surface area (Å²) in [5.41, 5.74) is 3.59. The molecular weight excluding hydrogens is 264 g/mol. The van der Waals surface area contributed by atoms with Crippen molar-refractivity contribution in [3.8, 4) is 10.6 Å². The van der Waals surface area contributed by atoms with Gasteiger partial charge in [0.1, 0.15) is 5.01 Å². The van der Waals surface area contributed by atoms with Gasteiger partial charge in [-0.1, -0.05) is 60.7 Å². The molecule has 0 saturated carbocycles. The zero-order valence-corrected chi connectivity index (χ0v) is 11.9. The average Bonchev–Trinajstić information content (AvgIpc) is 2.98. The Hall–Kier alpha value is -1.97. The van der Waals surface area contributed by atoms with Crippen molar-refractivity contribution in [2.24, 2.45) is 0 Å². The first-order valence-electron chi connectivity index (χ1n) is 6.66. The average molecular weight is 280 g/mol. The summed E-state index contributed by atoms with van der Waals surface area (Å²) in [6.45, 7) is 1.68. The van der Waals surface area contributed by atoms with Crippen molar-refractivity contribution in [3.63, 3.8) is 0 Å². The summed E-state index contributed by atoms with van der Waals surface area (Å²) < 4.78 is 0. The van der Waals surface area contributed by atoms with Crippen LogP contribution in [0.1, 0.15) is 11.3 Å². The van der Waals surface area contributed by atoms with Crippen LogP contribution in [0.25, 0.3) is 10.6 Å². The third kappa shape index (κ3) is 3.32. The van der Waals surface area contributed by atoms with Gasteiger partial charge in [0.25, 0.3) is 0 Å². The number of thiazole rings is 1. The highest BCUT2D eigenvalue weighted by molar-refractivity contribution is 7.13. The van der Waals surface area contributed by atoms with Crippen molar-refractivity contribution in [1.82, 2.24) is 10.3 Å². The van der Waals surface area contributed by atoms with E-state index < -0.39 is 0 Å². The standard InChI is InChI=1S/C17H16N2S/c1-3-7-14(8-4-1)11-18-12-16-13-20-17(19-16)15-9-5-2-6-10-15/h1-10,13,18H,11-12H2. The normalized spacial score (nSPS) is 10.6. The monoisotopic (exact) mass is 280 g/mol. The largest absolute Gasteiger partial charge is 0.307 e. The fourth-order valence-corrected chi connectivity index (χ4v) is 2.86. The lowest BCUT2D eigenvalue weighted by Gasteiger charge is -2.02. The Kier molecular flexibility index (Phi) is 4.21. The van der Waals surface area contributed by atoms with Crippen molar-refractivity contribution < 1.29 is 0 Å². The molecule has 0 aliphatic heterocycles. The second-order valence-electron chi connectivity index (χ2n) is 4.60. The maximum Gasteiger partial charge on any atom is 0.123 e. The van der Waals surface area contributed by atoms with Crippen LogP contribution in [-0.4, -0.2) is 4.98 Å². The van der Waals surface area contributed by atoms with Gasteiger partial charge < -0.3 is 5.32 Å². The molecule has 0 amide bonds. The van der Waals surface area contributed by atoms with E-state index in [2.05, 4.69) is 52.1 Å². The number of nitrogens with zero attached hydrogens (tertiary/aromatic N) is 1. The van der Waals surface area contributed by atoms with E-state index in [1.165, 1.54) is 11.1 Å². The Bertz CT molecular complexity index is 647. The van der Waals surface area contributed by atoms with Crippen molar-refractivity contribution in [1.29, 1.82) is 0 Å². The fourth-order valence-electron chi connectivity index (χ4n) is 2.03. The summed E-state index contributed by atoms with van der Waals surface area (Å²) in [7, 11) is 0. The molecule has 0 bridgehead atoms. The molecule has 0 atom stereocenters. The van der Waals surface area contributed by atoms with Crippen molar-refractivity contribution >= 4 is 11.3 Å². The first-order chi connectivity index (χ1) is 9.92. The maximum atomic E-state index is 4.67. The molecule has 0 spiro atoms. The first kappa shape index (κ1) is 13.0. The number of hydrogen-bond donors (Lipinski definition) is 1. The van der Waals surface area contributed by atoms with Crippen LogP contribution < -0.4 is 5.32 Å². The topological polar surface area (TPSA) is 24.9 Å². The van der Waals surface area contributed by atoms with E-state index >= 15 is 0 Å². The molecule has 100 valence electrons.